The Kier molecular flexibility index (Phi) is 8.36. The predicted molar refractivity (Wildman–Crippen MR) is 182 cm³/mol. The molecule has 0 aromatic heterocycles. The van der Waals surface area contributed by atoms with Gasteiger partial charge in [-0.3, -0.25) is 19.2 Å². The van der Waals surface area contributed by atoms with Gasteiger partial charge in [0.05, 0.1) is 17.3 Å². The van der Waals surface area contributed by atoms with Crippen LogP contribution in [0.3, 0.4) is 0 Å². The van der Waals surface area contributed by atoms with Crippen molar-refractivity contribution >= 4 is 23.5 Å². The van der Waals surface area contributed by atoms with Gasteiger partial charge in [0.15, 0.2) is 5.78 Å². The Morgan fingerprint density at radius 2 is 1.55 bits per heavy atom. The van der Waals surface area contributed by atoms with Crippen molar-refractivity contribution < 1.29 is 29.0 Å². The smallest absolute Gasteiger partial charge is 0.309 e. The molecule has 0 aliphatic heterocycles. The fraction of sp³-hybridized carbons (Fsp3) is 0.854. The van der Waals surface area contributed by atoms with Gasteiger partial charge < -0.3 is 9.84 Å². The van der Waals surface area contributed by atoms with E-state index in [-0.39, 0.29) is 51.8 Å². The largest absolute Gasteiger partial charge is 0.481 e. The number of Topliss-reactive ketones (excluding diaryl/α,β-unsaturated/α-hetero) is 2. The number of carbonyl (C=O) groups excluding carboxylic acids is 3. The average Bonchev–Trinajstić information content (AvgIpc) is 3.74. The zero-order chi connectivity index (χ0) is 34.5. The van der Waals surface area contributed by atoms with Crippen LogP contribution in [0.2, 0.25) is 0 Å². The van der Waals surface area contributed by atoms with Gasteiger partial charge in [-0.1, -0.05) is 61.3 Å². The van der Waals surface area contributed by atoms with E-state index in [4.69, 9.17) is 4.74 Å². The fourth-order valence-electron chi connectivity index (χ4n) is 12.8. The van der Waals surface area contributed by atoms with Gasteiger partial charge in [-0.2, -0.15) is 0 Å². The molecule has 262 valence electrons. The van der Waals surface area contributed by atoms with E-state index < -0.39 is 22.8 Å². The minimum absolute atomic E-state index is 0.0140. The van der Waals surface area contributed by atoms with E-state index in [1.165, 1.54) is 18.4 Å². The first-order valence-corrected chi connectivity index (χ1v) is 19.0. The third-order valence-corrected chi connectivity index (χ3v) is 15.8. The summed E-state index contributed by atoms with van der Waals surface area (Å²) in [5.41, 5.74) is 0.505. The molecular weight excluding hydrogens is 588 g/mol. The van der Waals surface area contributed by atoms with Crippen LogP contribution in [0.15, 0.2) is 11.1 Å². The summed E-state index contributed by atoms with van der Waals surface area (Å²) in [5, 5.41) is 9.57. The summed E-state index contributed by atoms with van der Waals surface area (Å²) in [7, 11) is 0. The Balaban J connectivity index is 1.29. The molecule has 1 N–H and O–H groups in total. The molecule has 0 spiro atoms. The third kappa shape index (κ3) is 5.14. The van der Waals surface area contributed by atoms with E-state index in [2.05, 4.69) is 48.5 Å². The number of carboxylic acid groups (broad SMARTS) is 1. The molecule has 8 atom stereocenters. The number of hydrogen-bond donors (Lipinski definition) is 1. The van der Waals surface area contributed by atoms with Crippen LogP contribution < -0.4 is 0 Å². The molecule has 6 aliphatic rings. The van der Waals surface area contributed by atoms with Gasteiger partial charge in [-0.15, -0.1) is 0 Å². The maximum Gasteiger partial charge on any atom is 0.309 e. The van der Waals surface area contributed by atoms with Gasteiger partial charge >= 0.3 is 11.9 Å². The van der Waals surface area contributed by atoms with Gasteiger partial charge in [-0.25, -0.2) is 0 Å². The molecule has 0 saturated heterocycles. The van der Waals surface area contributed by atoms with Crippen molar-refractivity contribution in [2.24, 2.45) is 62.1 Å². The number of ether oxygens (including phenoxy) is 1. The molecule has 0 heterocycles. The SMILES string of the molecule is CC(C)C1=C2[C@H]3CC[C@@H]4[C@@]5(C)CC[C@H](OC(=O)CC(C)(C)C(=O)O)C(C)(C)[C@@H]5CC[C@@]4(C)[C@]3(C)CC[C@@]2(C(=O)CCC2CC2)CC1=O. The topological polar surface area (TPSA) is 97.7 Å². The summed E-state index contributed by atoms with van der Waals surface area (Å²) < 4.78 is 6.14. The number of hydrogen-bond acceptors (Lipinski definition) is 5. The van der Waals surface area contributed by atoms with Crippen LogP contribution in [0, 0.1) is 62.1 Å². The maximum absolute atomic E-state index is 14.3. The van der Waals surface area contributed by atoms with Gasteiger partial charge in [0, 0.05) is 18.3 Å². The highest BCUT2D eigenvalue weighted by atomic mass is 16.5. The third-order valence-electron chi connectivity index (χ3n) is 15.8. The normalized spacial score (nSPS) is 41.1. The summed E-state index contributed by atoms with van der Waals surface area (Å²) >= 11 is 0. The van der Waals surface area contributed by atoms with Crippen LogP contribution in [0.25, 0.3) is 0 Å². The molecule has 5 saturated carbocycles. The number of rotatable bonds is 9. The summed E-state index contributed by atoms with van der Waals surface area (Å²) in [6, 6.07) is 0. The van der Waals surface area contributed by atoms with Crippen molar-refractivity contribution in [3.05, 3.63) is 11.1 Å². The number of allylic oxidation sites excluding steroid dienone is 2. The molecule has 5 fully saturated rings. The van der Waals surface area contributed by atoms with Crippen LogP contribution in [-0.4, -0.2) is 34.7 Å². The number of ketones is 2. The molecule has 0 radical (unpaired) electrons. The van der Waals surface area contributed by atoms with Crippen LogP contribution >= 0.6 is 0 Å². The lowest BCUT2D eigenvalue weighted by Gasteiger charge is -2.72. The van der Waals surface area contributed by atoms with E-state index in [1.54, 1.807) is 13.8 Å². The van der Waals surface area contributed by atoms with E-state index >= 15 is 0 Å². The Labute approximate surface area is 283 Å². The van der Waals surface area contributed by atoms with Crippen molar-refractivity contribution in [1.29, 1.82) is 0 Å². The summed E-state index contributed by atoms with van der Waals surface area (Å²) in [6.45, 7) is 19.6. The molecule has 0 aromatic carbocycles. The second kappa shape index (κ2) is 11.3. The van der Waals surface area contributed by atoms with Gasteiger partial charge in [0.25, 0.3) is 0 Å². The number of carbonyl (C=O) groups is 4. The second-order valence-electron chi connectivity index (χ2n) is 19.4. The molecule has 47 heavy (non-hydrogen) atoms. The average molecular weight is 651 g/mol. The lowest BCUT2D eigenvalue weighted by Crippen LogP contribution is -2.66. The first-order valence-electron chi connectivity index (χ1n) is 19.0. The minimum Gasteiger partial charge on any atom is -0.481 e. The molecule has 0 bridgehead atoms. The monoisotopic (exact) mass is 650 g/mol. The Hall–Kier alpha value is -1.98. The second-order valence-corrected chi connectivity index (χ2v) is 19.4. The van der Waals surface area contributed by atoms with Crippen LogP contribution in [0.4, 0.5) is 0 Å². The van der Waals surface area contributed by atoms with E-state index in [0.29, 0.717) is 36.4 Å². The maximum atomic E-state index is 14.3. The summed E-state index contributed by atoms with van der Waals surface area (Å²) in [4.78, 5) is 52.8. The number of carboxylic acids is 1. The molecule has 0 aromatic rings. The molecule has 0 unspecified atom stereocenters. The van der Waals surface area contributed by atoms with Crippen molar-refractivity contribution in [3.63, 3.8) is 0 Å². The number of fused-ring (bicyclic) bond motifs is 7. The summed E-state index contributed by atoms with van der Waals surface area (Å²) in [5.74, 6) is 1.21. The van der Waals surface area contributed by atoms with Crippen molar-refractivity contribution in [3.8, 4) is 0 Å². The molecular formula is C41H62O6. The molecule has 0 amide bonds. The van der Waals surface area contributed by atoms with Crippen LogP contribution in [0.1, 0.15) is 152 Å². The minimum atomic E-state index is -1.15. The molecule has 6 rings (SSSR count). The predicted octanol–water partition coefficient (Wildman–Crippen LogP) is 9.14. The lowest BCUT2D eigenvalue weighted by molar-refractivity contribution is -0.233. The Morgan fingerprint density at radius 1 is 0.872 bits per heavy atom. The highest BCUT2D eigenvalue weighted by Gasteiger charge is 2.71. The van der Waals surface area contributed by atoms with Gasteiger partial charge in [-0.05, 0) is 129 Å². The fourth-order valence-corrected chi connectivity index (χ4v) is 12.8. The standard InChI is InChI=1S/C41H62O6/c1-24(2)33-27(42)22-41(30(43)15-12-25-10-11-25)21-20-39(8)26(34(33)41)13-14-29-38(7)18-17-31(47-32(44)23-36(3,4)35(45)46)37(5,6)28(38)16-19-40(29,39)9/h24-26,28-29,31H,10-23H2,1-9H3,(H,45,46)/t26-,28+,29-,31+,38+,39-,40-,41+/m1/s1. The summed E-state index contributed by atoms with van der Waals surface area (Å²) in [6.07, 6.45) is 12.1. The molecule has 6 heteroatoms. The highest BCUT2D eigenvalue weighted by Crippen LogP contribution is 2.77. The van der Waals surface area contributed by atoms with Crippen molar-refractivity contribution in [2.75, 3.05) is 0 Å². The van der Waals surface area contributed by atoms with E-state index in [0.717, 1.165) is 63.4 Å². The van der Waals surface area contributed by atoms with Gasteiger partial charge in [0.2, 0.25) is 0 Å². The Morgan fingerprint density at radius 3 is 2.17 bits per heavy atom. The first-order chi connectivity index (χ1) is 21.7. The van der Waals surface area contributed by atoms with E-state index in [1.807, 2.05) is 0 Å². The van der Waals surface area contributed by atoms with Crippen LogP contribution in [0.5, 0.6) is 0 Å². The van der Waals surface area contributed by atoms with Crippen molar-refractivity contribution in [2.45, 2.75) is 158 Å². The highest BCUT2D eigenvalue weighted by molar-refractivity contribution is 6.07. The number of aliphatic carboxylic acids is 1. The molecule has 6 aliphatic carbocycles. The van der Waals surface area contributed by atoms with Crippen LogP contribution in [-0.2, 0) is 23.9 Å². The van der Waals surface area contributed by atoms with E-state index in [9.17, 15) is 24.3 Å². The quantitative estimate of drug-likeness (QED) is 0.250. The zero-order valence-electron chi connectivity index (χ0n) is 30.9. The Bertz CT molecular complexity index is 1380. The molecule has 6 nitrogen and oxygen atoms in total. The lowest BCUT2D eigenvalue weighted by atomic mass is 9.33. The van der Waals surface area contributed by atoms with Gasteiger partial charge in [0.1, 0.15) is 11.9 Å². The van der Waals surface area contributed by atoms with Crippen molar-refractivity contribution in [1.82, 2.24) is 0 Å². The number of esters is 1. The first kappa shape index (κ1) is 34.9. The zero-order valence-corrected chi connectivity index (χ0v) is 30.9.